The number of halogens is 1. The molecule has 0 saturated carbocycles. The number of carbonyl (C=O) groups is 1. The number of nitrogens with one attached hydrogen (secondary N) is 3. The highest BCUT2D eigenvalue weighted by atomic mass is 19.1. The van der Waals surface area contributed by atoms with Crippen LogP contribution in [-0.4, -0.2) is 31.0 Å². The second kappa shape index (κ2) is 11.6. The number of hydrogen-bond donors (Lipinski definition) is 3. The highest BCUT2D eigenvalue weighted by Crippen LogP contribution is 2.33. The maximum atomic E-state index is 14.8. The molecule has 3 rings (SSSR count). The van der Waals surface area contributed by atoms with Gasteiger partial charge in [-0.15, -0.1) is 0 Å². The average molecular weight is 448 g/mol. The van der Waals surface area contributed by atoms with Crippen molar-refractivity contribution in [1.82, 2.24) is 15.6 Å². The first-order chi connectivity index (χ1) is 16.0. The maximum Gasteiger partial charge on any atom is 0.207 e. The number of carbonyl (C=O) groups excluding carboxylic acids is 1. The third kappa shape index (κ3) is 5.60. The number of amides is 1. The molecule has 1 aromatic carbocycles. The highest BCUT2D eigenvalue weighted by Gasteiger charge is 2.21. The average Bonchev–Trinajstić information content (AvgIpc) is 2.96. The van der Waals surface area contributed by atoms with E-state index in [4.69, 9.17) is 0 Å². The summed E-state index contributed by atoms with van der Waals surface area (Å²) in [7, 11) is 1.97. The summed E-state index contributed by atoms with van der Waals surface area (Å²) in [6, 6.07) is 6.40. The zero-order chi connectivity index (χ0) is 23.8. The third-order valence-corrected chi connectivity index (χ3v) is 6.20. The van der Waals surface area contributed by atoms with E-state index in [0.717, 1.165) is 48.2 Å². The Labute approximate surface area is 196 Å². The van der Waals surface area contributed by atoms with Crippen LogP contribution in [0.25, 0.3) is 11.6 Å². The molecule has 1 aliphatic rings. The fourth-order valence-corrected chi connectivity index (χ4v) is 4.52. The van der Waals surface area contributed by atoms with E-state index in [-0.39, 0.29) is 11.9 Å². The topological polar surface area (TPSA) is 56.9 Å². The van der Waals surface area contributed by atoms with Gasteiger partial charge in [-0.25, -0.2) is 4.39 Å². The standard InChI is InChI=1S/C28H34FN3O/c1-5-25-20(3)21(13-10-16-30-4)27(32-25)17-19(2)28-23(22-11-6-8-14-24(22)29)12-7-9-15-26(28)31-18-33/h6-9,11-12,14-15,17-18,26,30,32H,5,10,13,16H2,1-4H3,(H,31,33)/b19-17+. The molecule has 0 fully saturated rings. The van der Waals surface area contributed by atoms with Crippen LogP contribution >= 0.6 is 0 Å². The minimum atomic E-state index is -0.363. The van der Waals surface area contributed by atoms with Crippen molar-refractivity contribution in [1.29, 1.82) is 0 Å². The first-order valence-electron chi connectivity index (χ1n) is 11.6. The molecule has 0 radical (unpaired) electrons. The SMILES string of the molecule is CCc1[nH]c(/C=C(\C)C2=C(c3ccccc3F)C=CC=CC2NC=O)c(CCCNC)c1C. The van der Waals surface area contributed by atoms with Gasteiger partial charge < -0.3 is 15.6 Å². The van der Waals surface area contributed by atoms with Gasteiger partial charge in [-0.05, 0) is 86.7 Å². The Morgan fingerprint density at radius 1 is 1.24 bits per heavy atom. The molecule has 1 atom stereocenters. The number of aromatic nitrogens is 1. The van der Waals surface area contributed by atoms with E-state index in [0.29, 0.717) is 12.0 Å². The second-order valence-electron chi connectivity index (χ2n) is 8.32. The van der Waals surface area contributed by atoms with E-state index >= 15 is 0 Å². The lowest BCUT2D eigenvalue weighted by molar-refractivity contribution is -0.109. The number of aryl methyl sites for hydroxylation is 1. The van der Waals surface area contributed by atoms with Crippen molar-refractivity contribution in [3.8, 4) is 0 Å². The van der Waals surface area contributed by atoms with Gasteiger partial charge in [-0.3, -0.25) is 4.79 Å². The van der Waals surface area contributed by atoms with Crippen LogP contribution in [0.4, 0.5) is 4.39 Å². The summed E-state index contributed by atoms with van der Waals surface area (Å²) in [6.07, 6.45) is 13.4. The van der Waals surface area contributed by atoms with Gasteiger partial charge >= 0.3 is 0 Å². The van der Waals surface area contributed by atoms with E-state index in [1.165, 1.54) is 22.9 Å². The van der Waals surface area contributed by atoms with Crippen LogP contribution in [0.15, 0.2) is 59.7 Å². The van der Waals surface area contributed by atoms with Gasteiger partial charge in [0.15, 0.2) is 0 Å². The smallest absolute Gasteiger partial charge is 0.207 e. The lowest BCUT2D eigenvalue weighted by Crippen LogP contribution is -2.28. The summed E-state index contributed by atoms with van der Waals surface area (Å²) in [5.41, 5.74) is 8.07. The van der Waals surface area contributed by atoms with Gasteiger partial charge in [0.25, 0.3) is 0 Å². The van der Waals surface area contributed by atoms with Crippen molar-refractivity contribution in [2.24, 2.45) is 0 Å². The summed E-state index contributed by atoms with van der Waals surface area (Å²) in [5, 5.41) is 6.12. The van der Waals surface area contributed by atoms with E-state index in [2.05, 4.69) is 35.5 Å². The minimum absolute atomic E-state index is 0.286. The van der Waals surface area contributed by atoms with E-state index in [1.54, 1.807) is 12.1 Å². The van der Waals surface area contributed by atoms with Crippen LogP contribution in [-0.2, 0) is 17.6 Å². The number of rotatable bonds is 10. The number of hydrogen-bond acceptors (Lipinski definition) is 2. The van der Waals surface area contributed by atoms with Gasteiger partial charge in [-0.2, -0.15) is 0 Å². The molecule has 0 spiro atoms. The Hall–Kier alpha value is -3.18. The molecule has 174 valence electrons. The Balaban J connectivity index is 2.17. The fraction of sp³-hybridized carbons (Fsp3) is 0.321. The highest BCUT2D eigenvalue weighted by molar-refractivity contribution is 5.84. The van der Waals surface area contributed by atoms with Gasteiger partial charge in [0.1, 0.15) is 5.82 Å². The quantitative estimate of drug-likeness (QED) is 0.343. The molecule has 1 amide bonds. The van der Waals surface area contributed by atoms with Crippen LogP contribution in [0.2, 0.25) is 0 Å². The number of benzene rings is 1. The van der Waals surface area contributed by atoms with Crippen molar-refractivity contribution >= 4 is 18.1 Å². The molecule has 0 saturated heterocycles. The predicted molar refractivity (Wildman–Crippen MR) is 135 cm³/mol. The van der Waals surface area contributed by atoms with Crippen LogP contribution in [0, 0.1) is 12.7 Å². The molecular weight excluding hydrogens is 413 g/mol. The molecule has 1 unspecified atom stereocenters. The van der Waals surface area contributed by atoms with Crippen LogP contribution < -0.4 is 10.6 Å². The Bertz CT molecular complexity index is 1100. The van der Waals surface area contributed by atoms with Gasteiger partial charge in [0.05, 0.1) is 6.04 Å². The largest absolute Gasteiger partial charge is 0.358 e. The third-order valence-electron chi connectivity index (χ3n) is 6.20. The van der Waals surface area contributed by atoms with E-state index in [1.807, 2.05) is 44.3 Å². The summed E-state index contributed by atoms with van der Waals surface area (Å²) in [4.78, 5) is 15.0. The lowest BCUT2D eigenvalue weighted by atomic mass is 9.89. The molecule has 0 bridgehead atoms. The van der Waals surface area contributed by atoms with E-state index in [9.17, 15) is 9.18 Å². The number of H-pyrrole nitrogens is 1. The molecule has 4 nitrogen and oxygen atoms in total. The molecule has 1 heterocycles. The molecule has 3 N–H and O–H groups in total. The van der Waals surface area contributed by atoms with Crippen molar-refractivity contribution in [3.05, 3.63) is 93.6 Å². The molecule has 1 aliphatic carbocycles. The predicted octanol–water partition coefficient (Wildman–Crippen LogP) is 5.27. The fourth-order valence-electron chi connectivity index (χ4n) is 4.52. The zero-order valence-electron chi connectivity index (χ0n) is 20.0. The molecule has 0 aliphatic heterocycles. The molecule has 1 aromatic heterocycles. The Morgan fingerprint density at radius 2 is 2.03 bits per heavy atom. The first-order valence-corrected chi connectivity index (χ1v) is 11.6. The normalized spacial score (nSPS) is 16.3. The van der Waals surface area contributed by atoms with Gasteiger partial charge in [0.2, 0.25) is 6.41 Å². The van der Waals surface area contributed by atoms with Crippen molar-refractivity contribution in [2.45, 2.75) is 46.1 Å². The Morgan fingerprint density at radius 3 is 2.73 bits per heavy atom. The van der Waals surface area contributed by atoms with Gasteiger partial charge in [-0.1, -0.05) is 49.4 Å². The minimum Gasteiger partial charge on any atom is -0.358 e. The summed E-state index contributed by atoms with van der Waals surface area (Å²) in [6.45, 7) is 7.31. The lowest BCUT2D eigenvalue weighted by Gasteiger charge is -2.21. The molecular formula is C28H34FN3O. The monoisotopic (exact) mass is 447 g/mol. The van der Waals surface area contributed by atoms with Crippen LogP contribution in [0.5, 0.6) is 0 Å². The molecule has 2 aromatic rings. The zero-order valence-corrected chi connectivity index (χ0v) is 20.0. The van der Waals surface area contributed by atoms with Crippen LogP contribution in [0.3, 0.4) is 0 Å². The molecule has 5 heteroatoms. The Kier molecular flexibility index (Phi) is 8.61. The summed E-state index contributed by atoms with van der Waals surface area (Å²) < 4.78 is 14.8. The maximum absolute atomic E-state index is 14.8. The summed E-state index contributed by atoms with van der Waals surface area (Å²) >= 11 is 0. The first kappa shape index (κ1) is 24.5. The summed E-state index contributed by atoms with van der Waals surface area (Å²) in [5.74, 6) is -0.286. The van der Waals surface area contributed by atoms with E-state index < -0.39 is 0 Å². The van der Waals surface area contributed by atoms with Crippen LogP contribution in [0.1, 0.15) is 48.3 Å². The molecule has 33 heavy (non-hydrogen) atoms. The van der Waals surface area contributed by atoms with Crippen molar-refractivity contribution in [2.75, 3.05) is 13.6 Å². The van der Waals surface area contributed by atoms with Crippen molar-refractivity contribution in [3.63, 3.8) is 0 Å². The van der Waals surface area contributed by atoms with Gasteiger partial charge in [0, 0.05) is 17.0 Å². The number of allylic oxidation sites excluding steroid dienone is 4. The number of aromatic amines is 1. The van der Waals surface area contributed by atoms with Crippen molar-refractivity contribution < 1.29 is 9.18 Å². The second-order valence-corrected chi connectivity index (χ2v) is 8.32.